The zero-order valence-corrected chi connectivity index (χ0v) is 10.8. The van der Waals surface area contributed by atoms with Gasteiger partial charge >= 0.3 is 0 Å². The Morgan fingerprint density at radius 3 is 2.38 bits per heavy atom. The number of aryl methyl sites for hydroxylation is 1. The van der Waals surface area contributed by atoms with Crippen LogP contribution in [0.15, 0.2) is 10.5 Å². The van der Waals surface area contributed by atoms with Crippen LogP contribution in [0.2, 0.25) is 0 Å². The quantitative estimate of drug-likeness (QED) is 0.769. The molecule has 0 bridgehead atoms. The van der Waals surface area contributed by atoms with Gasteiger partial charge in [-0.05, 0) is 56.7 Å². The third-order valence-electron chi connectivity index (χ3n) is 3.11. The molecule has 0 amide bonds. The molecule has 1 heterocycles. The van der Waals surface area contributed by atoms with Gasteiger partial charge in [-0.1, -0.05) is 13.0 Å². The Labute approximate surface area is 98.0 Å². The molecule has 0 saturated heterocycles. The first-order valence-electron chi connectivity index (χ1n) is 5.98. The van der Waals surface area contributed by atoms with Crippen molar-refractivity contribution in [3.63, 3.8) is 0 Å². The predicted octanol–water partition coefficient (Wildman–Crippen LogP) is 3.77. The topological polar surface area (TPSA) is 33.4 Å². The van der Waals surface area contributed by atoms with Crippen molar-refractivity contribution in [2.24, 2.45) is 0 Å². The molecule has 2 nitrogen and oxygen atoms in total. The highest BCUT2D eigenvalue weighted by Gasteiger charge is 2.12. The molecule has 1 N–H and O–H groups in total. The minimum atomic E-state index is 0.253. The number of aliphatic hydroxyl groups excluding tert-OH is 1. The molecule has 0 radical (unpaired) electrons. The van der Waals surface area contributed by atoms with E-state index in [9.17, 15) is 0 Å². The molecule has 2 heteroatoms. The maximum Gasteiger partial charge on any atom is 0.133 e. The maximum atomic E-state index is 8.77. The van der Waals surface area contributed by atoms with Gasteiger partial charge in [-0.25, -0.2) is 0 Å². The lowest BCUT2D eigenvalue weighted by Gasteiger charge is -2.03. The second kappa shape index (κ2) is 5.90. The van der Waals surface area contributed by atoms with Crippen LogP contribution in [0.1, 0.15) is 48.8 Å². The van der Waals surface area contributed by atoms with Crippen LogP contribution >= 0.6 is 0 Å². The summed E-state index contributed by atoms with van der Waals surface area (Å²) >= 11 is 0. The number of allylic oxidation sites excluding steroid dienone is 2. The zero-order valence-electron chi connectivity index (χ0n) is 10.8. The molecule has 0 aliphatic rings. The summed E-state index contributed by atoms with van der Waals surface area (Å²) in [7, 11) is 0. The minimum Gasteiger partial charge on any atom is -0.461 e. The zero-order chi connectivity index (χ0) is 12.1. The molecule has 1 rings (SSSR count). The van der Waals surface area contributed by atoms with E-state index in [1.807, 2.05) is 6.92 Å². The van der Waals surface area contributed by atoms with Crippen LogP contribution in [-0.2, 0) is 0 Å². The molecular weight excluding hydrogens is 200 g/mol. The van der Waals surface area contributed by atoms with Crippen LogP contribution in [0.5, 0.6) is 0 Å². The Balaban J connectivity index is 2.95. The molecule has 0 fully saturated rings. The maximum absolute atomic E-state index is 8.77. The molecular formula is C14H22O2. The molecule has 0 unspecified atom stereocenters. The van der Waals surface area contributed by atoms with Gasteiger partial charge < -0.3 is 9.52 Å². The van der Waals surface area contributed by atoms with Gasteiger partial charge in [-0.3, -0.25) is 0 Å². The fraction of sp³-hybridized carbons (Fsp3) is 0.571. The van der Waals surface area contributed by atoms with Crippen LogP contribution < -0.4 is 0 Å². The summed E-state index contributed by atoms with van der Waals surface area (Å²) in [6.45, 7) is 8.60. The largest absolute Gasteiger partial charge is 0.461 e. The van der Waals surface area contributed by atoms with Crippen molar-refractivity contribution in [3.05, 3.63) is 28.7 Å². The molecule has 0 spiro atoms. The summed E-state index contributed by atoms with van der Waals surface area (Å²) in [6, 6.07) is 0. The summed E-state index contributed by atoms with van der Waals surface area (Å²) in [6.07, 6.45) is 4.89. The number of hydrogen-bond donors (Lipinski definition) is 1. The van der Waals surface area contributed by atoms with E-state index < -0.39 is 0 Å². The lowest BCUT2D eigenvalue weighted by Crippen LogP contribution is -1.86. The van der Waals surface area contributed by atoms with Gasteiger partial charge in [0.2, 0.25) is 0 Å². The number of aliphatic hydroxyl groups is 1. The van der Waals surface area contributed by atoms with Crippen molar-refractivity contribution >= 4 is 5.57 Å². The normalized spacial score (nSPS) is 12.2. The summed E-state index contributed by atoms with van der Waals surface area (Å²) in [5.74, 6) is 2.03. The second-order valence-corrected chi connectivity index (χ2v) is 4.19. The average Bonchev–Trinajstić information content (AvgIpc) is 2.53. The van der Waals surface area contributed by atoms with Crippen molar-refractivity contribution in [3.8, 4) is 0 Å². The van der Waals surface area contributed by atoms with Crippen molar-refractivity contribution in [1.29, 1.82) is 0 Å². The molecule has 90 valence electrons. The van der Waals surface area contributed by atoms with Gasteiger partial charge in [0.15, 0.2) is 0 Å². The van der Waals surface area contributed by atoms with Gasteiger partial charge in [-0.2, -0.15) is 0 Å². The van der Waals surface area contributed by atoms with E-state index in [4.69, 9.17) is 9.52 Å². The van der Waals surface area contributed by atoms with Gasteiger partial charge in [0.25, 0.3) is 0 Å². The van der Waals surface area contributed by atoms with Gasteiger partial charge in [0.05, 0.1) is 0 Å². The Kier molecular flexibility index (Phi) is 4.81. The van der Waals surface area contributed by atoms with Crippen molar-refractivity contribution in [2.75, 3.05) is 6.61 Å². The Morgan fingerprint density at radius 2 is 1.94 bits per heavy atom. The molecule has 1 aromatic rings. The molecule has 0 aromatic carbocycles. The first-order chi connectivity index (χ1) is 7.61. The average molecular weight is 222 g/mol. The van der Waals surface area contributed by atoms with E-state index in [0.717, 1.165) is 30.8 Å². The molecule has 0 aliphatic heterocycles. The van der Waals surface area contributed by atoms with Crippen LogP contribution in [-0.4, -0.2) is 11.7 Å². The van der Waals surface area contributed by atoms with E-state index in [2.05, 4.69) is 26.8 Å². The Hall–Kier alpha value is -1.02. The highest BCUT2D eigenvalue weighted by atomic mass is 16.3. The van der Waals surface area contributed by atoms with E-state index in [0.29, 0.717) is 0 Å². The SMILES string of the molecule is CC/C(=C\CCCO)c1oc(C)c(C)c1C. The highest BCUT2D eigenvalue weighted by Crippen LogP contribution is 2.28. The van der Waals surface area contributed by atoms with E-state index >= 15 is 0 Å². The first kappa shape index (κ1) is 13.0. The van der Waals surface area contributed by atoms with E-state index in [1.54, 1.807) is 0 Å². The molecule has 16 heavy (non-hydrogen) atoms. The standard InChI is InChI=1S/C14H22O2/c1-5-13(8-6-7-9-15)14-11(3)10(2)12(4)16-14/h8,15H,5-7,9H2,1-4H3/b13-8+. The smallest absolute Gasteiger partial charge is 0.133 e. The lowest BCUT2D eigenvalue weighted by atomic mass is 10.0. The Morgan fingerprint density at radius 1 is 1.25 bits per heavy atom. The Bertz CT molecular complexity index is 372. The van der Waals surface area contributed by atoms with Gasteiger partial charge in [0.1, 0.15) is 11.5 Å². The van der Waals surface area contributed by atoms with Gasteiger partial charge in [-0.15, -0.1) is 0 Å². The van der Waals surface area contributed by atoms with E-state index in [-0.39, 0.29) is 6.61 Å². The molecule has 0 atom stereocenters. The fourth-order valence-electron chi connectivity index (χ4n) is 1.81. The third kappa shape index (κ3) is 2.76. The van der Waals surface area contributed by atoms with Crippen LogP contribution in [0.4, 0.5) is 0 Å². The van der Waals surface area contributed by atoms with Crippen molar-refractivity contribution in [1.82, 2.24) is 0 Å². The summed E-state index contributed by atoms with van der Waals surface area (Å²) in [5, 5.41) is 8.77. The molecule has 1 aromatic heterocycles. The summed E-state index contributed by atoms with van der Waals surface area (Å²) < 4.78 is 5.80. The monoisotopic (exact) mass is 222 g/mol. The molecule has 0 saturated carbocycles. The highest BCUT2D eigenvalue weighted by molar-refractivity contribution is 5.65. The lowest BCUT2D eigenvalue weighted by molar-refractivity contribution is 0.289. The van der Waals surface area contributed by atoms with Crippen molar-refractivity contribution < 1.29 is 9.52 Å². The second-order valence-electron chi connectivity index (χ2n) is 4.19. The number of furan rings is 1. The third-order valence-corrected chi connectivity index (χ3v) is 3.11. The van der Waals surface area contributed by atoms with Crippen LogP contribution in [0.25, 0.3) is 5.57 Å². The number of rotatable bonds is 5. The number of unbranched alkanes of at least 4 members (excludes halogenated alkanes) is 1. The first-order valence-corrected chi connectivity index (χ1v) is 5.98. The van der Waals surface area contributed by atoms with Crippen LogP contribution in [0, 0.1) is 20.8 Å². The van der Waals surface area contributed by atoms with Gasteiger partial charge in [0, 0.05) is 6.61 Å². The summed E-state index contributed by atoms with van der Waals surface area (Å²) in [4.78, 5) is 0. The summed E-state index contributed by atoms with van der Waals surface area (Å²) in [5.41, 5.74) is 3.74. The molecule has 0 aliphatic carbocycles. The predicted molar refractivity (Wildman–Crippen MR) is 67.5 cm³/mol. The van der Waals surface area contributed by atoms with Crippen LogP contribution in [0.3, 0.4) is 0 Å². The fourth-order valence-corrected chi connectivity index (χ4v) is 1.81. The van der Waals surface area contributed by atoms with E-state index in [1.165, 1.54) is 16.7 Å². The minimum absolute atomic E-state index is 0.253. The number of hydrogen-bond acceptors (Lipinski definition) is 2. The van der Waals surface area contributed by atoms with Crippen molar-refractivity contribution in [2.45, 2.75) is 47.0 Å².